The van der Waals surface area contributed by atoms with E-state index < -0.39 is 33.6 Å². The first-order valence-electron chi connectivity index (χ1n) is 9.32. The Kier molecular flexibility index (Phi) is 14.3. The summed E-state index contributed by atoms with van der Waals surface area (Å²) >= 11 is 113. The van der Waals surface area contributed by atoms with E-state index in [0.717, 1.165) is 0 Å². The van der Waals surface area contributed by atoms with E-state index >= 15 is 0 Å². The van der Waals surface area contributed by atoms with E-state index in [1.54, 1.807) is 0 Å². The average Bonchev–Trinajstić information content (AvgIpc) is 2.71. The highest BCUT2D eigenvalue weighted by atomic mass is 35.6. The topological polar surface area (TPSA) is 20.2 Å². The lowest BCUT2D eigenvalue weighted by Crippen LogP contribution is -2.56. The zero-order chi connectivity index (χ0) is 29.7. The molecule has 0 atom stereocenters. The summed E-state index contributed by atoms with van der Waals surface area (Å²) in [4.78, 5) is 0. The Balaban J connectivity index is 4.03. The SMILES string of the molecule is OCCCCc1c(C(Cl)(Cl)C(Cl)(Cl)C(Cl)(Cl)C(Cl)(Cl)Cl)cccc1C(Cl)(Cl)C(Cl)(Cl)C(Cl)(Cl)C(Cl)(Cl)Cl. The van der Waals surface area contributed by atoms with Crippen LogP contribution in [0.4, 0.5) is 0 Å². The molecule has 0 aliphatic heterocycles. The summed E-state index contributed by atoms with van der Waals surface area (Å²) in [6.07, 6.45) is 0.700. The Bertz CT molecular complexity index is 875. The van der Waals surface area contributed by atoms with Gasteiger partial charge in [0.1, 0.15) is 0 Å². The fraction of sp³-hybridized carbons (Fsp3) is 0.667. The van der Waals surface area contributed by atoms with Crippen molar-refractivity contribution in [3.05, 3.63) is 34.9 Å². The molecule has 1 aromatic carbocycles. The van der Waals surface area contributed by atoms with E-state index in [9.17, 15) is 5.11 Å². The van der Waals surface area contributed by atoms with Gasteiger partial charge in [-0.05, 0) is 36.0 Å². The van der Waals surface area contributed by atoms with E-state index in [1.165, 1.54) is 18.2 Å². The molecule has 1 rings (SSSR count). The third-order valence-corrected chi connectivity index (χ3v) is 15.9. The van der Waals surface area contributed by atoms with Crippen molar-refractivity contribution < 1.29 is 5.11 Å². The number of halogens is 18. The highest BCUT2D eigenvalue weighted by Gasteiger charge is 2.71. The lowest BCUT2D eigenvalue weighted by Gasteiger charge is -2.46. The maximum atomic E-state index is 9.31. The van der Waals surface area contributed by atoms with Crippen molar-refractivity contribution in [3.8, 4) is 0 Å². The van der Waals surface area contributed by atoms with Gasteiger partial charge in [-0.1, -0.05) is 227 Å². The number of alkyl halides is 18. The number of hydrogen-bond acceptors (Lipinski definition) is 1. The molecule has 0 bridgehead atoms. The zero-order valence-corrected chi connectivity index (χ0v) is 30.9. The summed E-state index contributed by atoms with van der Waals surface area (Å²) < 4.78 is -20.3. The quantitative estimate of drug-likeness (QED) is 0.183. The van der Waals surface area contributed by atoms with Crippen LogP contribution in [0.5, 0.6) is 0 Å². The molecule has 0 spiro atoms. The van der Waals surface area contributed by atoms with Crippen molar-refractivity contribution in [1.82, 2.24) is 0 Å². The molecular weight excluding hydrogens is 870 g/mol. The van der Waals surface area contributed by atoms with Crippen LogP contribution < -0.4 is 0 Å². The van der Waals surface area contributed by atoms with Crippen molar-refractivity contribution in [2.24, 2.45) is 0 Å². The fourth-order valence-corrected chi connectivity index (χ4v) is 7.58. The molecular formula is C18H12Cl18O. The maximum absolute atomic E-state index is 9.31. The Labute approximate surface area is 304 Å². The lowest BCUT2D eigenvalue weighted by molar-refractivity contribution is 0.284. The molecule has 37 heavy (non-hydrogen) atoms. The molecule has 19 heteroatoms. The number of aliphatic hydroxyl groups is 1. The summed E-state index contributed by atoms with van der Waals surface area (Å²) in [6.45, 7) is -0.166. The normalized spacial score (nSPS) is 15.3. The van der Waals surface area contributed by atoms with E-state index in [1.807, 2.05) is 0 Å². The molecule has 0 heterocycles. The first-order chi connectivity index (χ1) is 16.2. The first kappa shape index (κ1) is 39.4. The Morgan fingerprint density at radius 1 is 0.486 bits per heavy atom. The largest absolute Gasteiger partial charge is 0.396 e. The number of unbranched alkanes of at least 4 members (excludes halogenated alkanes) is 1. The molecule has 0 aromatic heterocycles. The minimum Gasteiger partial charge on any atom is -0.396 e. The molecule has 0 aliphatic carbocycles. The molecule has 0 unspecified atom stereocenters. The molecule has 0 saturated carbocycles. The minimum atomic E-state index is -2.62. The number of rotatable bonds is 10. The predicted molar refractivity (Wildman–Crippen MR) is 172 cm³/mol. The second-order valence-corrected chi connectivity index (χ2v) is 20.0. The molecule has 0 amide bonds. The molecule has 216 valence electrons. The van der Waals surface area contributed by atoms with Gasteiger partial charge in [0.2, 0.25) is 16.3 Å². The van der Waals surface area contributed by atoms with Gasteiger partial charge in [0.15, 0.2) is 17.3 Å². The average molecular weight is 882 g/mol. The van der Waals surface area contributed by atoms with Crippen molar-refractivity contribution in [2.75, 3.05) is 6.61 Å². The van der Waals surface area contributed by atoms with Crippen molar-refractivity contribution in [1.29, 1.82) is 0 Å². The highest BCUT2D eigenvalue weighted by molar-refractivity contribution is 6.81. The molecule has 0 fully saturated rings. The summed E-state index contributed by atoms with van der Waals surface area (Å²) in [5, 5.41) is 9.31. The summed E-state index contributed by atoms with van der Waals surface area (Å²) in [7, 11) is 0. The van der Waals surface area contributed by atoms with E-state index in [-0.39, 0.29) is 29.7 Å². The summed E-state index contributed by atoms with van der Waals surface area (Å²) in [5.74, 6) is 0. The number of benzene rings is 1. The van der Waals surface area contributed by atoms with E-state index in [4.69, 9.17) is 209 Å². The Hall–Kier alpha value is 4.40. The van der Waals surface area contributed by atoms with E-state index in [2.05, 4.69) is 0 Å². The van der Waals surface area contributed by atoms with Crippen molar-refractivity contribution >= 4 is 209 Å². The predicted octanol–water partition coefficient (Wildman–Crippen LogP) is 12.7. The fourth-order valence-electron chi connectivity index (χ4n) is 2.95. The zero-order valence-electron chi connectivity index (χ0n) is 17.3. The van der Waals surface area contributed by atoms with E-state index in [0.29, 0.717) is 12.8 Å². The van der Waals surface area contributed by atoms with Crippen LogP contribution in [0.3, 0.4) is 0 Å². The third-order valence-electron chi connectivity index (χ3n) is 4.98. The van der Waals surface area contributed by atoms with Gasteiger partial charge in [-0.25, -0.2) is 0 Å². The smallest absolute Gasteiger partial charge is 0.226 e. The first-order valence-corrected chi connectivity index (χ1v) is 16.1. The second kappa shape index (κ2) is 13.4. The number of aliphatic hydroxyl groups excluding tert-OH is 1. The molecule has 1 N–H and O–H groups in total. The van der Waals surface area contributed by atoms with Gasteiger partial charge >= 0.3 is 0 Å². The van der Waals surface area contributed by atoms with Gasteiger partial charge in [0.05, 0.1) is 0 Å². The molecule has 0 saturated heterocycles. The standard InChI is InChI=1S/C18H12Cl18O/c19-11(20,13(23,24)15(27,28)17(31,32)33)9-5-3-6-10(8(9)4-1-2-7-37)12(21,22)14(25,26)16(29,30)18(34,35)36/h3,5-6,37H,1-2,4,7H2. The third kappa shape index (κ3) is 7.45. The summed E-state index contributed by atoms with van der Waals surface area (Å²) in [5.41, 5.74) is 0.0356. The second-order valence-electron chi connectivity index (χ2n) is 7.45. The van der Waals surface area contributed by atoms with Crippen molar-refractivity contribution in [2.45, 2.75) is 52.8 Å². The van der Waals surface area contributed by atoms with Crippen LogP contribution in [-0.4, -0.2) is 36.6 Å². The van der Waals surface area contributed by atoms with Gasteiger partial charge in [-0.15, -0.1) is 0 Å². The number of hydrogen-bond donors (Lipinski definition) is 1. The molecule has 1 nitrogen and oxygen atoms in total. The summed E-state index contributed by atoms with van der Waals surface area (Å²) in [6, 6.07) is 4.15. The van der Waals surface area contributed by atoms with Gasteiger partial charge in [0, 0.05) is 6.61 Å². The van der Waals surface area contributed by atoms with Gasteiger partial charge < -0.3 is 5.11 Å². The van der Waals surface area contributed by atoms with Crippen LogP contribution in [0.2, 0.25) is 0 Å². The van der Waals surface area contributed by atoms with Crippen LogP contribution in [0.25, 0.3) is 0 Å². The minimum absolute atomic E-state index is 0.0605. The molecule has 0 radical (unpaired) electrons. The van der Waals surface area contributed by atoms with Gasteiger partial charge in [-0.3, -0.25) is 0 Å². The monoisotopic (exact) mass is 874 g/mol. The highest BCUT2D eigenvalue weighted by Crippen LogP contribution is 2.68. The van der Waals surface area contributed by atoms with Gasteiger partial charge in [0.25, 0.3) is 0 Å². The Morgan fingerprint density at radius 2 is 0.811 bits per heavy atom. The van der Waals surface area contributed by atoms with Gasteiger partial charge in [-0.2, -0.15) is 0 Å². The Morgan fingerprint density at radius 3 is 1.08 bits per heavy atom. The van der Waals surface area contributed by atoms with Crippen LogP contribution in [0.15, 0.2) is 18.2 Å². The molecule has 0 aliphatic rings. The molecule has 1 aromatic rings. The van der Waals surface area contributed by atoms with Crippen LogP contribution in [0, 0.1) is 0 Å². The van der Waals surface area contributed by atoms with Crippen LogP contribution in [0.1, 0.15) is 29.5 Å². The lowest BCUT2D eigenvalue weighted by atomic mass is 9.89. The maximum Gasteiger partial charge on any atom is 0.226 e. The van der Waals surface area contributed by atoms with Crippen LogP contribution in [-0.2, 0) is 15.1 Å². The van der Waals surface area contributed by atoms with Crippen LogP contribution >= 0.6 is 209 Å². The van der Waals surface area contributed by atoms with Crippen molar-refractivity contribution in [3.63, 3.8) is 0 Å².